The molecule has 1 aromatic heterocycles. The Morgan fingerprint density at radius 2 is 0.857 bits per heavy atom. The van der Waals surface area contributed by atoms with Crippen LogP contribution in [0.2, 0.25) is 0 Å². The van der Waals surface area contributed by atoms with Crippen LogP contribution in [0.1, 0.15) is 22.3 Å². The zero-order valence-corrected chi connectivity index (χ0v) is 38.2. The number of anilines is 6. The molecule has 11 aromatic carbocycles. The van der Waals surface area contributed by atoms with Gasteiger partial charge in [0.05, 0.1) is 28.2 Å². The minimum absolute atomic E-state index is 0.602. The summed E-state index contributed by atoms with van der Waals surface area (Å²) >= 11 is 0. The Labute approximate surface area is 407 Å². The minimum atomic E-state index is -0.602. The fraction of sp³-hybridized carbons (Fsp3) is 0.0149. The zero-order valence-electron chi connectivity index (χ0n) is 38.2. The molecular weight excluding hydrogens is 849 g/mol. The van der Waals surface area contributed by atoms with Crippen molar-refractivity contribution in [3.63, 3.8) is 0 Å². The van der Waals surface area contributed by atoms with E-state index in [-0.39, 0.29) is 0 Å². The molecule has 3 nitrogen and oxygen atoms in total. The molecule has 1 aliphatic heterocycles. The molecule has 1 aliphatic carbocycles. The lowest BCUT2D eigenvalue weighted by Gasteiger charge is -2.45. The predicted molar refractivity (Wildman–Crippen MR) is 290 cm³/mol. The van der Waals surface area contributed by atoms with Crippen LogP contribution >= 0.6 is 0 Å². The van der Waals surface area contributed by atoms with Crippen molar-refractivity contribution in [1.29, 1.82) is 0 Å². The second-order valence-corrected chi connectivity index (χ2v) is 18.4. The highest BCUT2D eigenvalue weighted by Gasteiger charge is 2.52. The van der Waals surface area contributed by atoms with Gasteiger partial charge >= 0.3 is 0 Å². The quantitative estimate of drug-likeness (QED) is 0.159. The van der Waals surface area contributed by atoms with Crippen LogP contribution in [0.15, 0.2) is 271 Å². The van der Waals surface area contributed by atoms with Gasteiger partial charge in [-0.15, -0.1) is 0 Å². The molecule has 0 unspecified atom stereocenters. The monoisotopic (exact) mass is 892 g/mol. The summed E-state index contributed by atoms with van der Waals surface area (Å²) in [7, 11) is 0. The summed E-state index contributed by atoms with van der Waals surface area (Å²) < 4.78 is 6.23. The maximum Gasteiger partial charge on any atom is 0.135 e. The third-order valence-electron chi connectivity index (χ3n) is 14.7. The van der Waals surface area contributed by atoms with Crippen molar-refractivity contribution in [3.8, 4) is 44.5 Å². The summed E-state index contributed by atoms with van der Waals surface area (Å²) in [6.45, 7) is 0. The average molecular weight is 893 g/mol. The average Bonchev–Trinajstić information content (AvgIpc) is 3.96. The standard InChI is InChI=1S/C67H44N2O/c1-3-19-45(20-4-1)47-21-17-22-49(43-47)52-25-8-13-32-60(52)68(51-40-37-46(38-41-51)48-39-42-65-55(44-48)53-26-9-16-36-64(53)70-65)63-35-18-31-59-66(63)54-27-7-10-28-56(54)67(59)57-29-11-14-33-61(57)69(50-23-5-2-6-24-50)62-34-15-12-30-58(62)67/h1-44H. The molecule has 14 rings (SSSR count). The second-order valence-electron chi connectivity index (χ2n) is 18.4. The van der Waals surface area contributed by atoms with Gasteiger partial charge in [-0.25, -0.2) is 0 Å². The summed E-state index contributed by atoms with van der Waals surface area (Å²) in [5, 5.41) is 2.25. The van der Waals surface area contributed by atoms with Gasteiger partial charge < -0.3 is 14.2 Å². The van der Waals surface area contributed by atoms with Gasteiger partial charge in [0, 0.05) is 33.3 Å². The molecule has 0 bridgehead atoms. The van der Waals surface area contributed by atoms with Gasteiger partial charge in [0.15, 0.2) is 0 Å². The van der Waals surface area contributed by atoms with E-state index in [1.807, 2.05) is 12.1 Å². The molecule has 0 radical (unpaired) electrons. The van der Waals surface area contributed by atoms with Crippen molar-refractivity contribution in [2.24, 2.45) is 0 Å². The highest BCUT2D eigenvalue weighted by molar-refractivity contribution is 6.07. The van der Waals surface area contributed by atoms with E-state index in [0.717, 1.165) is 66.9 Å². The topological polar surface area (TPSA) is 19.6 Å². The minimum Gasteiger partial charge on any atom is -0.456 e. The molecule has 328 valence electrons. The molecule has 70 heavy (non-hydrogen) atoms. The number of nitrogens with zero attached hydrogens (tertiary/aromatic N) is 2. The van der Waals surface area contributed by atoms with Crippen LogP contribution in [0.5, 0.6) is 0 Å². The number of rotatable bonds is 7. The molecule has 12 aromatic rings. The van der Waals surface area contributed by atoms with E-state index >= 15 is 0 Å². The summed E-state index contributed by atoms with van der Waals surface area (Å²) in [6, 6.07) is 97.5. The number of para-hydroxylation sites is 5. The van der Waals surface area contributed by atoms with Crippen LogP contribution in [-0.4, -0.2) is 0 Å². The highest BCUT2D eigenvalue weighted by atomic mass is 16.3. The van der Waals surface area contributed by atoms with E-state index in [1.165, 1.54) is 55.9 Å². The molecule has 2 aliphatic rings. The molecule has 3 heteroatoms. The first kappa shape index (κ1) is 39.9. The van der Waals surface area contributed by atoms with Gasteiger partial charge in [0.2, 0.25) is 0 Å². The SMILES string of the molecule is c1ccc(-c2cccc(-c3ccccc3N(c3ccc(-c4ccc5oc6ccccc6c5c4)cc3)c3cccc4c3-c3ccccc3C43c4ccccc4N(c4ccccc4)c4ccccc43)c2)cc1. The predicted octanol–water partition coefficient (Wildman–Crippen LogP) is 18.2. The van der Waals surface area contributed by atoms with Gasteiger partial charge in [0.25, 0.3) is 0 Å². The smallest absolute Gasteiger partial charge is 0.135 e. The zero-order chi connectivity index (χ0) is 46.2. The van der Waals surface area contributed by atoms with Gasteiger partial charge in [0.1, 0.15) is 11.2 Å². The Balaban J connectivity index is 1.01. The summed E-state index contributed by atoms with van der Waals surface area (Å²) in [5.74, 6) is 0. The number of hydrogen-bond acceptors (Lipinski definition) is 3. The van der Waals surface area contributed by atoms with Gasteiger partial charge in [-0.05, 0) is 128 Å². The molecular formula is C67H44N2O. The van der Waals surface area contributed by atoms with E-state index in [1.54, 1.807) is 0 Å². The van der Waals surface area contributed by atoms with Crippen LogP contribution in [0, 0.1) is 0 Å². The number of benzene rings is 11. The van der Waals surface area contributed by atoms with Gasteiger partial charge in [-0.2, -0.15) is 0 Å². The van der Waals surface area contributed by atoms with Crippen LogP contribution in [-0.2, 0) is 5.41 Å². The van der Waals surface area contributed by atoms with Crippen molar-refractivity contribution in [2.75, 3.05) is 9.80 Å². The molecule has 1 spiro atoms. The van der Waals surface area contributed by atoms with Crippen LogP contribution in [0.3, 0.4) is 0 Å². The summed E-state index contributed by atoms with van der Waals surface area (Å²) in [4.78, 5) is 4.95. The third kappa shape index (κ3) is 6.01. The van der Waals surface area contributed by atoms with E-state index in [2.05, 4.69) is 265 Å². The summed E-state index contributed by atoms with van der Waals surface area (Å²) in [6.07, 6.45) is 0. The second kappa shape index (κ2) is 16.0. The number of furan rings is 1. The largest absolute Gasteiger partial charge is 0.456 e. The lowest BCUT2D eigenvalue weighted by atomic mass is 9.64. The van der Waals surface area contributed by atoms with Gasteiger partial charge in [-0.1, -0.05) is 194 Å². The van der Waals surface area contributed by atoms with E-state index in [9.17, 15) is 0 Å². The Hall–Kier alpha value is -9.18. The van der Waals surface area contributed by atoms with Crippen molar-refractivity contribution >= 4 is 56.1 Å². The molecule has 0 amide bonds. The van der Waals surface area contributed by atoms with E-state index < -0.39 is 5.41 Å². The van der Waals surface area contributed by atoms with Crippen LogP contribution < -0.4 is 9.80 Å². The van der Waals surface area contributed by atoms with Crippen molar-refractivity contribution in [2.45, 2.75) is 5.41 Å². The highest BCUT2D eigenvalue weighted by Crippen LogP contribution is 2.65. The fourth-order valence-electron chi connectivity index (χ4n) is 11.7. The molecule has 0 saturated carbocycles. The molecule has 0 saturated heterocycles. The molecule has 2 heterocycles. The molecule has 0 fully saturated rings. The molecule has 0 atom stereocenters. The lowest BCUT2D eigenvalue weighted by Crippen LogP contribution is -2.36. The third-order valence-corrected chi connectivity index (χ3v) is 14.7. The van der Waals surface area contributed by atoms with E-state index in [4.69, 9.17) is 4.42 Å². The summed E-state index contributed by atoms with van der Waals surface area (Å²) in [5.41, 5.74) is 22.5. The van der Waals surface area contributed by atoms with E-state index in [0.29, 0.717) is 0 Å². The maximum atomic E-state index is 6.23. The first-order valence-electron chi connectivity index (χ1n) is 24.1. The van der Waals surface area contributed by atoms with Crippen molar-refractivity contribution in [1.82, 2.24) is 0 Å². The Kier molecular flexibility index (Phi) is 9.11. The number of fused-ring (bicyclic) bond motifs is 12. The fourth-order valence-corrected chi connectivity index (χ4v) is 11.7. The van der Waals surface area contributed by atoms with Crippen molar-refractivity contribution in [3.05, 3.63) is 289 Å². The Bertz CT molecular complexity index is 3920. The first-order chi connectivity index (χ1) is 34.7. The van der Waals surface area contributed by atoms with Crippen LogP contribution in [0.25, 0.3) is 66.4 Å². The Morgan fingerprint density at radius 3 is 1.64 bits per heavy atom. The lowest BCUT2D eigenvalue weighted by molar-refractivity contribution is 0.669. The molecule has 0 N–H and O–H groups in total. The normalized spacial score (nSPS) is 12.9. The van der Waals surface area contributed by atoms with Gasteiger partial charge in [-0.3, -0.25) is 0 Å². The Morgan fingerprint density at radius 1 is 0.329 bits per heavy atom. The van der Waals surface area contributed by atoms with Crippen molar-refractivity contribution < 1.29 is 4.42 Å². The maximum absolute atomic E-state index is 6.23. The number of hydrogen-bond donors (Lipinski definition) is 0. The first-order valence-corrected chi connectivity index (χ1v) is 24.1. The van der Waals surface area contributed by atoms with Crippen LogP contribution in [0.4, 0.5) is 34.1 Å².